The summed E-state index contributed by atoms with van der Waals surface area (Å²) in [4.78, 5) is 0. The molecule has 0 aromatic carbocycles. The van der Waals surface area contributed by atoms with Gasteiger partial charge in [0, 0.05) is 0 Å². The van der Waals surface area contributed by atoms with E-state index in [0.29, 0.717) is 0 Å². The molecule has 0 amide bonds. The zero-order chi connectivity index (χ0) is 4.99. The van der Waals surface area contributed by atoms with Crippen molar-refractivity contribution in [1.29, 1.82) is 0 Å². The molecule has 6 heavy (non-hydrogen) atoms. The van der Waals surface area contributed by atoms with E-state index in [0.717, 1.165) is 0 Å². The van der Waals surface area contributed by atoms with Crippen LogP contribution in [0.3, 0.4) is 0 Å². The highest BCUT2D eigenvalue weighted by Gasteiger charge is 1.81. The molecule has 0 rings (SSSR count). The molecule has 0 aliphatic heterocycles. The average molecular weight is 123 g/mol. The van der Waals surface area contributed by atoms with Crippen molar-refractivity contribution in [3.63, 3.8) is 0 Å². The molecule has 0 spiro atoms. The fourth-order valence-electron chi connectivity index (χ4n) is 0.0596. The van der Waals surface area contributed by atoms with Gasteiger partial charge >= 0.3 is 0 Å². The van der Waals surface area contributed by atoms with Crippen LogP contribution < -0.4 is 0 Å². The highest BCUT2D eigenvalue weighted by Crippen LogP contribution is 1.92. The van der Waals surface area contributed by atoms with Gasteiger partial charge in [0.25, 0.3) is 0 Å². The minimum absolute atomic E-state index is 0.255. The Hall–Kier alpha value is 0.170. The van der Waals surface area contributed by atoms with Crippen LogP contribution in [0.15, 0.2) is 5.16 Å². The summed E-state index contributed by atoms with van der Waals surface area (Å²) in [6.07, 6.45) is 1.20. The zero-order valence-corrected chi connectivity index (χ0v) is 4.73. The second kappa shape index (κ2) is 3.36. The Morgan fingerprint density at radius 1 is 1.67 bits per heavy atom. The first kappa shape index (κ1) is 6.17. The Bertz CT molecular complexity index is 53.5. The summed E-state index contributed by atoms with van der Waals surface area (Å²) in [6, 6.07) is 0. The second-order valence-corrected chi connectivity index (χ2v) is 2.20. The Morgan fingerprint density at radius 3 is 2.17 bits per heavy atom. The lowest BCUT2D eigenvalue weighted by atomic mass is 10.9. The van der Waals surface area contributed by atoms with Gasteiger partial charge in [0.2, 0.25) is 0 Å². The van der Waals surface area contributed by atoms with Crippen molar-refractivity contribution in [2.24, 2.45) is 5.16 Å². The highest BCUT2D eigenvalue weighted by atomic mass is 32.2. The van der Waals surface area contributed by atoms with Crippen LogP contribution in [0.4, 0.5) is 0 Å². The van der Waals surface area contributed by atoms with Gasteiger partial charge in [-0.2, -0.15) is 25.3 Å². The molecule has 0 bridgehead atoms. The number of nitrogens with zero attached hydrogens (tertiary/aromatic N) is 1. The summed E-state index contributed by atoms with van der Waals surface area (Å²) < 4.78 is -0.255. The lowest BCUT2D eigenvalue weighted by molar-refractivity contribution is 0.321. The molecular weight excluding hydrogens is 118 g/mol. The van der Waals surface area contributed by atoms with Gasteiger partial charge in [0.15, 0.2) is 0 Å². The van der Waals surface area contributed by atoms with Gasteiger partial charge < -0.3 is 5.21 Å². The molecule has 0 unspecified atom stereocenters. The summed E-state index contributed by atoms with van der Waals surface area (Å²) in [5.74, 6) is 0. The third-order valence-corrected chi connectivity index (χ3v) is 0.467. The molecule has 1 N–H and O–H groups in total. The number of rotatable bonds is 1. The lowest BCUT2D eigenvalue weighted by Gasteiger charge is -1.83. The molecule has 0 radical (unpaired) electrons. The third-order valence-electron chi connectivity index (χ3n) is 0.200. The number of hydrogen-bond donors (Lipinski definition) is 3. The van der Waals surface area contributed by atoms with Gasteiger partial charge in [-0.25, -0.2) is 0 Å². The minimum Gasteiger partial charge on any atom is -0.411 e. The molecule has 0 aromatic heterocycles. The van der Waals surface area contributed by atoms with E-state index in [2.05, 4.69) is 30.4 Å². The van der Waals surface area contributed by atoms with Crippen LogP contribution in [-0.2, 0) is 0 Å². The van der Waals surface area contributed by atoms with Crippen LogP contribution in [0.5, 0.6) is 0 Å². The smallest absolute Gasteiger partial charge is 0.0827 e. The molecule has 0 aliphatic carbocycles. The van der Waals surface area contributed by atoms with Crippen LogP contribution in [-0.4, -0.2) is 16.0 Å². The molecule has 2 nitrogen and oxygen atoms in total. The van der Waals surface area contributed by atoms with Crippen molar-refractivity contribution in [1.82, 2.24) is 0 Å². The number of oxime groups is 1. The summed E-state index contributed by atoms with van der Waals surface area (Å²) in [6.45, 7) is 0. The Labute approximate surface area is 47.1 Å². The van der Waals surface area contributed by atoms with Crippen molar-refractivity contribution < 1.29 is 5.21 Å². The summed E-state index contributed by atoms with van der Waals surface area (Å²) in [5, 5.41) is 10.4. The van der Waals surface area contributed by atoms with Crippen molar-refractivity contribution in [3.05, 3.63) is 0 Å². The predicted molar refractivity (Wildman–Crippen MR) is 32.0 cm³/mol. The standard InChI is InChI=1S/C2H5NOS2/c4-3-1-2(5)6/h1-2,4-6H. The van der Waals surface area contributed by atoms with E-state index in [1.54, 1.807) is 0 Å². The van der Waals surface area contributed by atoms with Gasteiger partial charge in [-0.1, -0.05) is 0 Å². The topological polar surface area (TPSA) is 32.6 Å². The largest absolute Gasteiger partial charge is 0.411 e. The van der Waals surface area contributed by atoms with E-state index in [9.17, 15) is 0 Å². The van der Waals surface area contributed by atoms with Crippen molar-refractivity contribution in [3.8, 4) is 0 Å². The highest BCUT2D eigenvalue weighted by molar-refractivity contribution is 8.00. The van der Waals surface area contributed by atoms with Crippen LogP contribution in [0.1, 0.15) is 0 Å². The molecule has 0 fully saturated rings. The fraction of sp³-hybridized carbons (Fsp3) is 0.500. The van der Waals surface area contributed by atoms with Crippen LogP contribution in [0.2, 0.25) is 0 Å². The first-order valence-electron chi connectivity index (χ1n) is 1.31. The molecule has 0 aromatic rings. The molecule has 0 heterocycles. The molecule has 0 saturated carbocycles. The van der Waals surface area contributed by atoms with Crippen LogP contribution in [0, 0.1) is 0 Å². The second-order valence-electron chi connectivity index (χ2n) is 0.678. The quantitative estimate of drug-likeness (QED) is 0.154. The van der Waals surface area contributed by atoms with Crippen molar-refractivity contribution >= 4 is 31.5 Å². The molecule has 0 aliphatic rings. The summed E-state index contributed by atoms with van der Waals surface area (Å²) >= 11 is 7.47. The van der Waals surface area contributed by atoms with E-state index < -0.39 is 0 Å². The fourth-order valence-corrected chi connectivity index (χ4v) is 0.179. The first-order valence-corrected chi connectivity index (χ1v) is 2.34. The number of thiol groups is 2. The van der Waals surface area contributed by atoms with E-state index >= 15 is 0 Å². The van der Waals surface area contributed by atoms with E-state index in [1.807, 2.05) is 0 Å². The van der Waals surface area contributed by atoms with E-state index in [4.69, 9.17) is 5.21 Å². The maximum Gasteiger partial charge on any atom is 0.0827 e. The van der Waals surface area contributed by atoms with Crippen molar-refractivity contribution in [2.75, 3.05) is 0 Å². The molecular formula is C2H5NOS2. The Kier molecular flexibility index (Phi) is 3.46. The van der Waals surface area contributed by atoms with E-state index in [1.165, 1.54) is 6.21 Å². The lowest BCUT2D eigenvalue weighted by Crippen LogP contribution is -1.84. The van der Waals surface area contributed by atoms with E-state index in [-0.39, 0.29) is 4.58 Å². The third kappa shape index (κ3) is 4.17. The first-order chi connectivity index (χ1) is 2.77. The monoisotopic (exact) mass is 123 g/mol. The van der Waals surface area contributed by atoms with Gasteiger partial charge in [0.05, 0.1) is 10.8 Å². The predicted octanol–water partition coefficient (Wildman–Crippen LogP) is 0.632. The molecule has 0 saturated heterocycles. The van der Waals surface area contributed by atoms with Gasteiger partial charge in [0.1, 0.15) is 0 Å². The molecule has 0 atom stereocenters. The van der Waals surface area contributed by atoms with Gasteiger partial charge in [-0.05, 0) is 0 Å². The maximum atomic E-state index is 7.71. The number of hydrogen-bond acceptors (Lipinski definition) is 4. The van der Waals surface area contributed by atoms with Crippen molar-refractivity contribution in [2.45, 2.75) is 4.58 Å². The van der Waals surface area contributed by atoms with Crippen LogP contribution in [0.25, 0.3) is 0 Å². The average Bonchev–Trinajstić information content (AvgIpc) is 1.35. The Morgan fingerprint density at radius 2 is 2.17 bits per heavy atom. The summed E-state index contributed by atoms with van der Waals surface area (Å²) in [5.41, 5.74) is 0. The molecule has 4 heteroatoms. The van der Waals surface area contributed by atoms with Crippen LogP contribution >= 0.6 is 25.3 Å². The van der Waals surface area contributed by atoms with Gasteiger partial charge in [-0.15, -0.1) is 5.16 Å². The zero-order valence-electron chi connectivity index (χ0n) is 2.94. The minimum atomic E-state index is -0.255. The Balaban J connectivity index is 3.03. The normalized spacial score (nSPS) is 11.2. The molecule has 36 valence electrons. The SMILES string of the molecule is ON=CC(S)S. The van der Waals surface area contributed by atoms with Gasteiger partial charge in [-0.3, -0.25) is 0 Å². The maximum absolute atomic E-state index is 7.71. The summed E-state index contributed by atoms with van der Waals surface area (Å²) in [7, 11) is 0.